The van der Waals surface area contributed by atoms with Crippen molar-refractivity contribution < 1.29 is 14.3 Å². The van der Waals surface area contributed by atoms with Crippen molar-refractivity contribution in [3.8, 4) is 0 Å². The molecule has 0 aliphatic carbocycles. The summed E-state index contributed by atoms with van der Waals surface area (Å²) in [6.45, 7) is 6.00. The van der Waals surface area contributed by atoms with Gasteiger partial charge in [-0.15, -0.1) is 0 Å². The maximum Gasteiger partial charge on any atom is 0.241 e. The first-order chi connectivity index (χ1) is 12.2. The third-order valence-corrected chi connectivity index (χ3v) is 5.82. The number of ether oxygens (including phenoxy) is 2. The van der Waals surface area contributed by atoms with Gasteiger partial charge in [-0.3, -0.25) is 9.69 Å². The number of hydrogen-bond acceptors (Lipinski definition) is 4. The molecule has 1 aromatic rings. The average Bonchev–Trinajstić information content (AvgIpc) is 3.17. The molecule has 0 saturated carbocycles. The predicted octanol–water partition coefficient (Wildman–Crippen LogP) is 2.44. The summed E-state index contributed by atoms with van der Waals surface area (Å²) in [5.74, 6) is 0.704. The number of hydrogen-bond donors (Lipinski definition) is 0. The molecule has 0 spiro atoms. The van der Waals surface area contributed by atoms with Crippen LogP contribution >= 0.6 is 0 Å². The van der Waals surface area contributed by atoms with Crippen LogP contribution in [0, 0.1) is 5.92 Å². The summed E-state index contributed by atoms with van der Waals surface area (Å²) in [5, 5.41) is 0. The number of amides is 1. The van der Waals surface area contributed by atoms with Crippen LogP contribution in [-0.4, -0.2) is 56.0 Å². The number of carbonyl (C=O) groups excluding carboxylic acids is 1. The number of rotatable bonds is 3. The number of carbonyl (C=O) groups is 1. The molecule has 2 saturated heterocycles. The van der Waals surface area contributed by atoms with E-state index >= 15 is 0 Å². The van der Waals surface area contributed by atoms with E-state index in [2.05, 4.69) is 30.0 Å². The second-order valence-corrected chi connectivity index (χ2v) is 7.50. The molecule has 5 nitrogen and oxygen atoms in total. The zero-order chi connectivity index (χ0) is 17.2. The molecule has 3 heterocycles. The van der Waals surface area contributed by atoms with Crippen LogP contribution < -0.4 is 4.90 Å². The van der Waals surface area contributed by atoms with Crippen LogP contribution in [0.5, 0.6) is 0 Å². The first kappa shape index (κ1) is 17.0. The van der Waals surface area contributed by atoms with Gasteiger partial charge in [-0.25, -0.2) is 0 Å². The Bertz CT molecular complexity index is 607. The lowest BCUT2D eigenvalue weighted by molar-refractivity contribution is -0.122. The van der Waals surface area contributed by atoms with E-state index in [9.17, 15) is 4.79 Å². The molecule has 0 N–H and O–H groups in total. The molecule has 1 amide bonds. The molecule has 0 aromatic heterocycles. The SMILES string of the molecule is CC1CCc2ccccc2N1C(=O)CN1CCC(C2OCCO2)CC1. The van der Waals surface area contributed by atoms with Crippen molar-refractivity contribution in [3.05, 3.63) is 29.8 Å². The smallest absolute Gasteiger partial charge is 0.241 e. The monoisotopic (exact) mass is 344 g/mol. The van der Waals surface area contributed by atoms with E-state index in [1.807, 2.05) is 11.0 Å². The Hall–Kier alpha value is -1.43. The topological polar surface area (TPSA) is 42.0 Å². The van der Waals surface area contributed by atoms with Crippen LogP contribution in [0.25, 0.3) is 0 Å². The summed E-state index contributed by atoms with van der Waals surface area (Å²) in [4.78, 5) is 17.3. The Labute approximate surface area is 149 Å². The van der Waals surface area contributed by atoms with Gasteiger partial charge in [0.15, 0.2) is 6.29 Å². The summed E-state index contributed by atoms with van der Waals surface area (Å²) in [6, 6.07) is 8.61. The van der Waals surface area contributed by atoms with Gasteiger partial charge in [0.05, 0.1) is 19.8 Å². The van der Waals surface area contributed by atoms with Gasteiger partial charge in [0.25, 0.3) is 0 Å². The van der Waals surface area contributed by atoms with Gasteiger partial charge < -0.3 is 14.4 Å². The molecule has 1 unspecified atom stereocenters. The zero-order valence-corrected chi connectivity index (χ0v) is 15.0. The van der Waals surface area contributed by atoms with Crippen molar-refractivity contribution in [2.75, 3.05) is 37.7 Å². The van der Waals surface area contributed by atoms with Gasteiger partial charge in [-0.05, 0) is 57.3 Å². The summed E-state index contributed by atoms with van der Waals surface area (Å²) in [5.41, 5.74) is 2.40. The van der Waals surface area contributed by atoms with Gasteiger partial charge in [0.2, 0.25) is 5.91 Å². The molecule has 4 rings (SSSR count). The largest absolute Gasteiger partial charge is 0.350 e. The summed E-state index contributed by atoms with van der Waals surface area (Å²) >= 11 is 0. The molecule has 2 fully saturated rings. The highest BCUT2D eigenvalue weighted by atomic mass is 16.7. The van der Waals surface area contributed by atoms with Crippen LogP contribution in [0.2, 0.25) is 0 Å². The second kappa shape index (κ2) is 7.44. The van der Waals surface area contributed by atoms with Crippen LogP contribution in [0.3, 0.4) is 0 Å². The van der Waals surface area contributed by atoms with E-state index in [0.29, 0.717) is 12.5 Å². The van der Waals surface area contributed by atoms with Crippen molar-refractivity contribution in [1.29, 1.82) is 0 Å². The lowest BCUT2D eigenvalue weighted by atomic mass is 9.95. The van der Waals surface area contributed by atoms with Crippen molar-refractivity contribution in [3.63, 3.8) is 0 Å². The molecule has 1 aromatic carbocycles. The Morgan fingerprint density at radius 3 is 2.60 bits per heavy atom. The summed E-state index contributed by atoms with van der Waals surface area (Å²) < 4.78 is 11.3. The van der Waals surface area contributed by atoms with E-state index < -0.39 is 0 Å². The highest BCUT2D eigenvalue weighted by Crippen LogP contribution is 2.31. The third-order valence-electron chi connectivity index (χ3n) is 5.82. The minimum Gasteiger partial charge on any atom is -0.350 e. The van der Waals surface area contributed by atoms with Gasteiger partial charge in [-0.1, -0.05) is 18.2 Å². The average molecular weight is 344 g/mol. The molecule has 3 aliphatic heterocycles. The van der Waals surface area contributed by atoms with Crippen molar-refractivity contribution in [1.82, 2.24) is 4.90 Å². The van der Waals surface area contributed by atoms with E-state index in [4.69, 9.17) is 9.47 Å². The highest BCUT2D eigenvalue weighted by Gasteiger charge is 2.33. The molecule has 1 atom stereocenters. The Morgan fingerprint density at radius 1 is 1.12 bits per heavy atom. The Morgan fingerprint density at radius 2 is 1.84 bits per heavy atom. The molecular formula is C20H28N2O3. The van der Waals surface area contributed by atoms with Gasteiger partial charge in [0.1, 0.15) is 0 Å². The minimum atomic E-state index is -0.0214. The number of aryl methyl sites for hydroxylation is 1. The van der Waals surface area contributed by atoms with E-state index in [1.165, 1.54) is 5.56 Å². The molecule has 0 bridgehead atoms. The molecular weight excluding hydrogens is 316 g/mol. The fourth-order valence-electron chi connectivity index (χ4n) is 4.37. The molecule has 5 heteroatoms. The zero-order valence-electron chi connectivity index (χ0n) is 15.0. The fraction of sp³-hybridized carbons (Fsp3) is 0.650. The first-order valence-electron chi connectivity index (χ1n) is 9.58. The number of nitrogens with zero attached hydrogens (tertiary/aromatic N) is 2. The normalized spacial score (nSPS) is 26.0. The van der Waals surface area contributed by atoms with Gasteiger partial charge in [0, 0.05) is 17.6 Å². The van der Waals surface area contributed by atoms with E-state index in [0.717, 1.165) is 57.7 Å². The summed E-state index contributed by atoms with van der Waals surface area (Å²) in [7, 11) is 0. The Kier molecular flexibility index (Phi) is 5.06. The van der Waals surface area contributed by atoms with Crippen molar-refractivity contribution >= 4 is 11.6 Å². The number of anilines is 1. The predicted molar refractivity (Wildman–Crippen MR) is 96.6 cm³/mol. The lowest BCUT2D eigenvalue weighted by Crippen LogP contribution is -2.49. The van der Waals surface area contributed by atoms with Gasteiger partial charge >= 0.3 is 0 Å². The lowest BCUT2D eigenvalue weighted by Gasteiger charge is -2.38. The third kappa shape index (κ3) is 3.59. The van der Waals surface area contributed by atoms with E-state index in [1.54, 1.807) is 0 Å². The number of likely N-dealkylation sites (tertiary alicyclic amines) is 1. The summed E-state index contributed by atoms with van der Waals surface area (Å²) in [6.07, 6.45) is 4.18. The first-order valence-corrected chi connectivity index (χ1v) is 9.58. The Balaban J connectivity index is 1.36. The highest BCUT2D eigenvalue weighted by molar-refractivity contribution is 5.96. The number of para-hydroxylation sites is 1. The molecule has 3 aliphatic rings. The van der Waals surface area contributed by atoms with Crippen LogP contribution in [0.4, 0.5) is 5.69 Å². The molecule has 136 valence electrons. The number of piperidine rings is 1. The maximum absolute atomic E-state index is 13.0. The van der Waals surface area contributed by atoms with Crippen LogP contribution in [-0.2, 0) is 20.7 Å². The quantitative estimate of drug-likeness (QED) is 0.845. The second-order valence-electron chi connectivity index (χ2n) is 7.50. The van der Waals surface area contributed by atoms with Crippen LogP contribution in [0.15, 0.2) is 24.3 Å². The van der Waals surface area contributed by atoms with Crippen molar-refractivity contribution in [2.45, 2.75) is 44.9 Å². The van der Waals surface area contributed by atoms with Crippen LogP contribution in [0.1, 0.15) is 31.7 Å². The van der Waals surface area contributed by atoms with E-state index in [-0.39, 0.29) is 18.2 Å². The number of benzene rings is 1. The maximum atomic E-state index is 13.0. The minimum absolute atomic E-state index is 0.0214. The molecule has 0 radical (unpaired) electrons. The fourth-order valence-corrected chi connectivity index (χ4v) is 4.37. The number of fused-ring (bicyclic) bond motifs is 1. The molecule has 25 heavy (non-hydrogen) atoms. The van der Waals surface area contributed by atoms with Gasteiger partial charge in [-0.2, -0.15) is 0 Å². The van der Waals surface area contributed by atoms with Crippen molar-refractivity contribution in [2.24, 2.45) is 5.92 Å². The standard InChI is InChI=1S/C20H28N2O3/c1-15-6-7-16-4-2-3-5-18(16)22(15)19(23)14-21-10-8-17(9-11-21)20-24-12-13-25-20/h2-5,15,17,20H,6-14H2,1H3.